The molecule has 0 spiro atoms. The summed E-state index contributed by atoms with van der Waals surface area (Å²) in [6.45, 7) is 4.81. The Hall–Kier alpha value is -2.87. The molecule has 1 aliphatic rings. The van der Waals surface area contributed by atoms with Crippen molar-refractivity contribution in [3.05, 3.63) is 87.2 Å². The summed E-state index contributed by atoms with van der Waals surface area (Å²) in [4.78, 5) is 27.1. The fraction of sp³-hybridized carbons (Fsp3) is 0.250. The van der Waals surface area contributed by atoms with Crippen molar-refractivity contribution < 1.29 is 27.5 Å². The first kappa shape index (κ1) is 23.8. The van der Waals surface area contributed by atoms with E-state index in [0.29, 0.717) is 16.8 Å². The third-order valence-corrected chi connectivity index (χ3v) is 5.69. The molecule has 0 aliphatic carbocycles. The SMILES string of the molecule is CCOC(=O)C1=CN(c2cccc(C(F)(F)F)c2)C(C)=C(C(C)=O)C1c1ccc(Br)cc1. The first-order valence-corrected chi connectivity index (χ1v) is 10.7. The Kier molecular flexibility index (Phi) is 6.93. The summed E-state index contributed by atoms with van der Waals surface area (Å²) in [6, 6.07) is 11.9. The normalized spacial score (nSPS) is 16.7. The number of rotatable bonds is 5. The molecule has 1 atom stereocenters. The second kappa shape index (κ2) is 9.32. The fourth-order valence-electron chi connectivity index (χ4n) is 3.75. The number of alkyl halides is 3. The van der Waals surface area contributed by atoms with Crippen molar-refractivity contribution in [1.29, 1.82) is 0 Å². The molecule has 168 valence electrons. The van der Waals surface area contributed by atoms with Crippen molar-refractivity contribution >= 4 is 33.4 Å². The lowest BCUT2D eigenvalue weighted by Gasteiger charge is -2.34. The van der Waals surface area contributed by atoms with E-state index in [-0.39, 0.29) is 23.7 Å². The molecule has 3 rings (SSSR count). The smallest absolute Gasteiger partial charge is 0.416 e. The lowest BCUT2D eigenvalue weighted by molar-refractivity contribution is -0.139. The Labute approximate surface area is 192 Å². The molecule has 0 saturated carbocycles. The summed E-state index contributed by atoms with van der Waals surface area (Å²) in [7, 11) is 0. The van der Waals surface area contributed by atoms with Gasteiger partial charge in [-0.3, -0.25) is 4.79 Å². The van der Waals surface area contributed by atoms with Crippen LogP contribution in [0.3, 0.4) is 0 Å². The van der Waals surface area contributed by atoms with Gasteiger partial charge in [-0.15, -0.1) is 0 Å². The molecular weight excluding hydrogens is 487 g/mol. The number of carbonyl (C=O) groups is 2. The third-order valence-electron chi connectivity index (χ3n) is 5.16. The van der Waals surface area contributed by atoms with Crippen molar-refractivity contribution in [1.82, 2.24) is 0 Å². The Balaban J connectivity index is 2.23. The van der Waals surface area contributed by atoms with Gasteiger partial charge in [-0.25, -0.2) is 4.79 Å². The van der Waals surface area contributed by atoms with E-state index in [1.807, 2.05) is 0 Å². The minimum atomic E-state index is -4.53. The maximum absolute atomic E-state index is 13.3. The van der Waals surface area contributed by atoms with Crippen LogP contribution in [-0.2, 0) is 20.5 Å². The second-order valence-electron chi connectivity index (χ2n) is 7.26. The van der Waals surface area contributed by atoms with Crippen LogP contribution >= 0.6 is 15.9 Å². The van der Waals surface area contributed by atoms with Gasteiger partial charge in [-0.2, -0.15) is 13.2 Å². The summed E-state index contributed by atoms with van der Waals surface area (Å²) >= 11 is 3.37. The van der Waals surface area contributed by atoms with E-state index in [2.05, 4.69) is 15.9 Å². The van der Waals surface area contributed by atoms with E-state index in [1.165, 1.54) is 30.2 Å². The van der Waals surface area contributed by atoms with Crippen molar-refractivity contribution in [2.45, 2.75) is 32.9 Å². The molecule has 2 aromatic carbocycles. The fourth-order valence-corrected chi connectivity index (χ4v) is 4.01. The molecule has 1 unspecified atom stereocenters. The average molecular weight is 508 g/mol. The summed E-state index contributed by atoms with van der Waals surface area (Å²) in [5.74, 6) is -1.63. The number of ether oxygens (including phenoxy) is 1. The first-order chi connectivity index (χ1) is 15.0. The number of halogens is 4. The predicted molar refractivity (Wildman–Crippen MR) is 119 cm³/mol. The number of anilines is 1. The largest absolute Gasteiger partial charge is 0.463 e. The van der Waals surface area contributed by atoms with Crippen molar-refractivity contribution in [2.75, 3.05) is 11.5 Å². The molecule has 2 aromatic rings. The van der Waals surface area contributed by atoms with E-state index < -0.39 is 23.6 Å². The van der Waals surface area contributed by atoms with Crippen LogP contribution in [0.2, 0.25) is 0 Å². The highest BCUT2D eigenvalue weighted by molar-refractivity contribution is 9.10. The molecular formula is C24H21BrF3NO3. The first-order valence-electron chi connectivity index (χ1n) is 9.87. The summed E-state index contributed by atoms with van der Waals surface area (Å²) in [5.41, 5.74) is 0.983. The van der Waals surface area contributed by atoms with Crippen LogP contribution in [0.4, 0.5) is 18.9 Å². The maximum atomic E-state index is 13.3. The standard InChI is InChI=1S/C24H21BrF3NO3/c1-4-32-23(31)20-13-29(19-7-5-6-17(12-19)24(26,27)28)14(2)21(15(3)30)22(20)16-8-10-18(25)11-9-16/h5-13,22H,4H2,1-3H3. The number of hydrogen-bond donors (Lipinski definition) is 0. The van der Waals surface area contributed by atoms with Crippen LogP contribution in [0, 0.1) is 0 Å². The zero-order chi connectivity index (χ0) is 23.6. The number of nitrogens with zero attached hydrogens (tertiary/aromatic N) is 1. The van der Waals surface area contributed by atoms with Gasteiger partial charge in [0.2, 0.25) is 0 Å². The van der Waals surface area contributed by atoms with Gasteiger partial charge in [-0.05, 0) is 56.7 Å². The minimum Gasteiger partial charge on any atom is -0.463 e. The van der Waals surface area contributed by atoms with Crippen molar-refractivity contribution in [3.63, 3.8) is 0 Å². The van der Waals surface area contributed by atoms with Gasteiger partial charge in [0.15, 0.2) is 5.78 Å². The van der Waals surface area contributed by atoms with Crippen LogP contribution in [0.1, 0.15) is 37.8 Å². The van der Waals surface area contributed by atoms with Crippen LogP contribution in [-0.4, -0.2) is 18.4 Å². The Bertz CT molecular complexity index is 1100. The van der Waals surface area contributed by atoms with Gasteiger partial charge in [-0.1, -0.05) is 34.1 Å². The molecule has 0 bridgehead atoms. The molecule has 8 heteroatoms. The molecule has 0 aromatic heterocycles. The van der Waals surface area contributed by atoms with Crippen molar-refractivity contribution in [2.24, 2.45) is 0 Å². The Morgan fingerprint density at radius 1 is 1.12 bits per heavy atom. The molecule has 1 heterocycles. The summed E-state index contributed by atoms with van der Waals surface area (Å²) < 4.78 is 45.9. The van der Waals surface area contributed by atoms with Crippen molar-refractivity contribution in [3.8, 4) is 0 Å². The molecule has 4 nitrogen and oxygen atoms in total. The zero-order valence-electron chi connectivity index (χ0n) is 17.7. The van der Waals surface area contributed by atoms with Gasteiger partial charge >= 0.3 is 12.1 Å². The highest BCUT2D eigenvalue weighted by Gasteiger charge is 2.37. The number of ketones is 1. The van der Waals surface area contributed by atoms with Gasteiger partial charge < -0.3 is 9.64 Å². The highest BCUT2D eigenvalue weighted by atomic mass is 79.9. The number of benzene rings is 2. The number of esters is 1. The predicted octanol–water partition coefficient (Wildman–Crippen LogP) is 6.38. The van der Waals surface area contributed by atoms with E-state index in [1.54, 1.807) is 38.1 Å². The molecule has 0 saturated heterocycles. The van der Waals surface area contributed by atoms with E-state index in [9.17, 15) is 22.8 Å². The number of allylic oxidation sites excluding steroid dienone is 2. The molecule has 0 radical (unpaired) electrons. The van der Waals surface area contributed by atoms with Crippen LogP contribution in [0.25, 0.3) is 0 Å². The summed E-state index contributed by atoms with van der Waals surface area (Å²) in [6.07, 6.45) is -3.07. The van der Waals surface area contributed by atoms with E-state index in [4.69, 9.17) is 4.74 Å². The monoisotopic (exact) mass is 507 g/mol. The maximum Gasteiger partial charge on any atom is 0.416 e. The topological polar surface area (TPSA) is 46.6 Å². The van der Waals surface area contributed by atoms with Crippen LogP contribution in [0.5, 0.6) is 0 Å². The molecule has 32 heavy (non-hydrogen) atoms. The molecule has 0 N–H and O–H groups in total. The quantitative estimate of drug-likeness (QED) is 0.440. The molecule has 0 fully saturated rings. The van der Waals surface area contributed by atoms with E-state index >= 15 is 0 Å². The number of hydrogen-bond acceptors (Lipinski definition) is 4. The molecule has 0 amide bonds. The average Bonchev–Trinajstić information content (AvgIpc) is 2.73. The zero-order valence-corrected chi connectivity index (χ0v) is 19.3. The summed E-state index contributed by atoms with van der Waals surface area (Å²) in [5, 5.41) is 0. The number of Topliss-reactive ketones (excluding diaryl/α,β-unsaturated/α-hetero) is 1. The third kappa shape index (κ3) is 4.80. The Morgan fingerprint density at radius 3 is 2.34 bits per heavy atom. The van der Waals surface area contributed by atoms with Gasteiger partial charge in [0.1, 0.15) is 0 Å². The van der Waals surface area contributed by atoms with Crippen LogP contribution in [0.15, 0.2) is 76.0 Å². The lowest BCUT2D eigenvalue weighted by Crippen LogP contribution is -2.31. The van der Waals surface area contributed by atoms with Gasteiger partial charge in [0.25, 0.3) is 0 Å². The highest BCUT2D eigenvalue weighted by Crippen LogP contribution is 2.42. The minimum absolute atomic E-state index is 0.116. The Morgan fingerprint density at radius 2 is 1.78 bits per heavy atom. The van der Waals surface area contributed by atoms with Gasteiger partial charge in [0, 0.05) is 33.5 Å². The second-order valence-corrected chi connectivity index (χ2v) is 8.18. The van der Waals surface area contributed by atoms with E-state index in [0.717, 1.165) is 16.6 Å². The lowest BCUT2D eigenvalue weighted by atomic mass is 9.80. The molecule has 1 aliphatic heterocycles. The van der Waals surface area contributed by atoms with Crippen LogP contribution < -0.4 is 4.90 Å². The number of carbonyl (C=O) groups excluding carboxylic acids is 2. The van der Waals surface area contributed by atoms with Gasteiger partial charge in [0.05, 0.1) is 17.7 Å².